The van der Waals surface area contributed by atoms with Gasteiger partial charge in [0.1, 0.15) is 0 Å². The summed E-state index contributed by atoms with van der Waals surface area (Å²) in [6, 6.07) is 14.9. The van der Waals surface area contributed by atoms with Gasteiger partial charge < -0.3 is 9.64 Å². The molecule has 0 heterocycles. The number of hydrogen-bond donors (Lipinski definition) is 0. The second-order valence-electron chi connectivity index (χ2n) is 6.20. The van der Waals surface area contributed by atoms with Crippen molar-refractivity contribution >= 4 is 21.7 Å². The van der Waals surface area contributed by atoms with E-state index in [0.29, 0.717) is 11.1 Å². The van der Waals surface area contributed by atoms with Crippen LogP contribution in [-0.2, 0) is 25.1 Å². The van der Waals surface area contributed by atoms with Gasteiger partial charge in [-0.1, -0.05) is 42.5 Å². The Labute approximate surface area is 153 Å². The molecule has 26 heavy (non-hydrogen) atoms. The molecular formula is C19H21NO5S. The second-order valence-corrected chi connectivity index (χ2v) is 8.34. The zero-order valence-electron chi connectivity index (χ0n) is 14.9. The molecule has 2 aromatic rings. The van der Waals surface area contributed by atoms with E-state index in [1.165, 1.54) is 17.0 Å². The van der Waals surface area contributed by atoms with Crippen LogP contribution < -0.4 is 0 Å². The minimum absolute atomic E-state index is 0.103. The van der Waals surface area contributed by atoms with Crippen LogP contribution >= 0.6 is 0 Å². The smallest absolute Gasteiger partial charge is 0.339 e. The number of benzene rings is 2. The van der Waals surface area contributed by atoms with Crippen molar-refractivity contribution in [1.29, 1.82) is 0 Å². The van der Waals surface area contributed by atoms with Gasteiger partial charge in [-0.25, -0.2) is 13.2 Å². The number of sulfone groups is 1. The van der Waals surface area contributed by atoms with Crippen molar-refractivity contribution in [3.63, 3.8) is 0 Å². The predicted octanol–water partition coefficient (Wildman–Crippen LogP) is 2.22. The summed E-state index contributed by atoms with van der Waals surface area (Å²) in [6.07, 6.45) is 0.0985. The molecule has 138 valence electrons. The molecular weight excluding hydrogens is 354 g/mol. The zero-order chi connectivity index (χ0) is 19.3. The monoisotopic (exact) mass is 375 g/mol. The van der Waals surface area contributed by atoms with Crippen LogP contribution in [0.15, 0.2) is 54.6 Å². The average molecular weight is 375 g/mol. The highest BCUT2D eigenvalue weighted by Gasteiger charge is 2.27. The van der Waals surface area contributed by atoms with Crippen molar-refractivity contribution in [3.05, 3.63) is 71.3 Å². The van der Waals surface area contributed by atoms with Crippen molar-refractivity contribution in [3.8, 4) is 0 Å². The summed E-state index contributed by atoms with van der Waals surface area (Å²) in [4.78, 5) is 26.2. The molecule has 0 spiro atoms. The average Bonchev–Trinajstić information content (AvgIpc) is 2.58. The number of ether oxygens (including phenoxy) is 1. The Morgan fingerprint density at radius 3 is 2.08 bits per heavy atom. The molecule has 0 radical (unpaired) electrons. The maximum absolute atomic E-state index is 12.4. The van der Waals surface area contributed by atoms with Gasteiger partial charge in [0.25, 0.3) is 5.91 Å². The fourth-order valence-corrected chi connectivity index (χ4v) is 3.14. The van der Waals surface area contributed by atoms with Gasteiger partial charge >= 0.3 is 5.97 Å². The molecule has 0 N–H and O–H groups in total. The Morgan fingerprint density at radius 1 is 1.00 bits per heavy atom. The number of likely N-dealkylation sites (N-methyl/N-ethyl adjacent to an activating group) is 1. The maximum atomic E-state index is 12.4. The fraction of sp³-hybridized carbons (Fsp3) is 0.263. The lowest BCUT2D eigenvalue weighted by Crippen LogP contribution is -2.31. The fourth-order valence-electron chi connectivity index (χ4n) is 2.34. The van der Waals surface area contributed by atoms with E-state index in [1.807, 2.05) is 6.07 Å². The lowest BCUT2D eigenvalue weighted by molar-refractivity contribution is -0.138. The topological polar surface area (TPSA) is 80.8 Å². The number of rotatable bonds is 6. The largest absolute Gasteiger partial charge is 0.444 e. The van der Waals surface area contributed by atoms with E-state index in [4.69, 9.17) is 4.74 Å². The summed E-state index contributed by atoms with van der Waals surface area (Å²) < 4.78 is 28.1. The van der Waals surface area contributed by atoms with Crippen LogP contribution in [0.3, 0.4) is 0 Å². The van der Waals surface area contributed by atoms with Crippen LogP contribution in [0.25, 0.3) is 0 Å². The number of amides is 1. The summed E-state index contributed by atoms with van der Waals surface area (Å²) >= 11 is 0. The molecule has 0 aliphatic rings. The quantitative estimate of drug-likeness (QED) is 0.723. The minimum atomic E-state index is -3.15. The minimum Gasteiger partial charge on any atom is -0.444 e. The first kappa shape index (κ1) is 19.7. The molecule has 6 nitrogen and oxygen atoms in total. The summed E-state index contributed by atoms with van der Waals surface area (Å²) in [5, 5.41) is 0. The maximum Gasteiger partial charge on any atom is 0.339 e. The molecule has 0 saturated carbocycles. The van der Waals surface area contributed by atoms with Gasteiger partial charge in [0.05, 0.1) is 11.3 Å². The lowest BCUT2D eigenvalue weighted by atomic mass is 10.1. The highest BCUT2D eigenvalue weighted by Crippen LogP contribution is 2.21. The lowest BCUT2D eigenvalue weighted by Gasteiger charge is -2.21. The van der Waals surface area contributed by atoms with Crippen LogP contribution in [0.1, 0.15) is 27.6 Å². The third kappa shape index (κ3) is 5.42. The van der Waals surface area contributed by atoms with Gasteiger partial charge in [-0.2, -0.15) is 0 Å². The van der Waals surface area contributed by atoms with Crippen LogP contribution in [-0.4, -0.2) is 45.5 Å². The van der Waals surface area contributed by atoms with E-state index in [0.717, 1.165) is 6.26 Å². The number of carbonyl (C=O) groups is 2. The molecule has 7 heteroatoms. The van der Waals surface area contributed by atoms with E-state index in [-0.39, 0.29) is 17.2 Å². The first-order chi connectivity index (χ1) is 12.2. The van der Waals surface area contributed by atoms with Crippen LogP contribution in [0.4, 0.5) is 0 Å². The molecule has 0 fully saturated rings. The summed E-state index contributed by atoms with van der Waals surface area (Å²) in [6.45, 7) is 0. The Morgan fingerprint density at radius 2 is 1.58 bits per heavy atom. The SMILES string of the molecule is CN(C)C(=O)[C@@H](OC(=O)c1ccc(CS(C)(=O)=O)cc1)c1ccccc1. The molecule has 0 aromatic heterocycles. The number of nitrogens with zero attached hydrogens (tertiary/aromatic N) is 1. The van der Waals surface area contributed by atoms with Crippen molar-refractivity contribution < 1.29 is 22.7 Å². The van der Waals surface area contributed by atoms with Crippen LogP contribution in [0.2, 0.25) is 0 Å². The van der Waals surface area contributed by atoms with Gasteiger partial charge in [0.15, 0.2) is 9.84 Å². The Balaban J connectivity index is 2.20. The number of hydrogen-bond acceptors (Lipinski definition) is 5. The molecule has 2 rings (SSSR count). The normalized spacial score (nSPS) is 12.3. The number of carbonyl (C=O) groups excluding carboxylic acids is 2. The first-order valence-corrected chi connectivity index (χ1v) is 9.97. The van der Waals surface area contributed by atoms with E-state index in [2.05, 4.69) is 0 Å². The second kappa shape index (κ2) is 8.14. The standard InChI is InChI=1S/C19H21NO5S/c1-20(2)18(21)17(15-7-5-4-6-8-15)25-19(22)16-11-9-14(10-12-16)13-26(3,23)24/h4-12,17H,13H2,1-3H3/t17-/m0/s1. The van der Waals surface area contributed by atoms with Crippen molar-refractivity contribution in [2.45, 2.75) is 11.9 Å². The molecule has 0 bridgehead atoms. The molecule has 0 saturated heterocycles. The van der Waals surface area contributed by atoms with Crippen LogP contribution in [0, 0.1) is 0 Å². The predicted molar refractivity (Wildman–Crippen MR) is 98.3 cm³/mol. The molecule has 1 atom stereocenters. The summed E-state index contributed by atoms with van der Waals surface area (Å²) in [5.74, 6) is -1.10. The summed E-state index contributed by atoms with van der Waals surface area (Å²) in [5.41, 5.74) is 1.40. The molecule has 2 aromatic carbocycles. The van der Waals surface area contributed by atoms with Crippen molar-refractivity contribution in [2.24, 2.45) is 0 Å². The first-order valence-electron chi connectivity index (χ1n) is 7.91. The summed E-state index contributed by atoms with van der Waals surface area (Å²) in [7, 11) is 0.0263. The van der Waals surface area contributed by atoms with Gasteiger partial charge in [0, 0.05) is 25.9 Å². The third-order valence-corrected chi connectivity index (χ3v) is 4.47. The van der Waals surface area contributed by atoms with E-state index < -0.39 is 21.9 Å². The zero-order valence-corrected chi connectivity index (χ0v) is 15.7. The van der Waals surface area contributed by atoms with Gasteiger partial charge in [-0.15, -0.1) is 0 Å². The highest BCUT2D eigenvalue weighted by atomic mass is 32.2. The van der Waals surface area contributed by atoms with E-state index in [9.17, 15) is 18.0 Å². The van der Waals surface area contributed by atoms with Crippen molar-refractivity contribution in [2.75, 3.05) is 20.4 Å². The Kier molecular flexibility index (Phi) is 6.15. The molecule has 0 aliphatic heterocycles. The van der Waals surface area contributed by atoms with Gasteiger partial charge in [-0.05, 0) is 17.7 Å². The van der Waals surface area contributed by atoms with Crippen molar-refractivity contribution in [1.82, 2.24) is 4.90 Å². The Bertz CT molecular complexity index is 874. The third-order valence-electron chi connectivity index (χ3n) is 3.61. The number of esters is 1. The van der Waals surface area contributed by atoms with Gasteiger partial charge in [0.2, 0.25) is 6.10 Å². The van der Waals surface area contributed by atoms with Crippen LogP contribution in [0.5, 0.6) is 0 Å². The molecule has 0 unspecified atom stereocenters. The highest BCUT2D eigenvalue weighted by molar-refractivity contribution is 7.89. The molecule has 0 aliphatic carbocycles. The van der Waals surface area contributed by atoms with Gasteiger partial charge in [-0.3, -0.25) is 4.79 Å². The van der Waals surface area contributed by atoms with E-state index >= 15 is 0 Å². The Hall–Kier alpha value is -2.67. The molecule has 1 amide bonds. The van der Waals surface area contributed by atoms with E-state index in [1.54, 1.807) is 50.5 Å².